The zero-order valence-electron chi connectivity index (χ0n) is 15.6. The van der Waals surface area contributed by atoms with Crippen LogP contribution in [0.4, 0.5) is 0 Å². The fourth-order valence-corrected chi connectivity index (χ4v) is 2.20. The highest BCUT2D eigenvalue weighted by molar-refractivity contribution is 5.86. The number of guanidine groups is 1. The van der Waals surface area contributed by atoms with Gasteiger partial charge in [0.15, 0.2) is 5.96 Å². The van der Waals surface area contributed by atoms with Crippen molar-refractivity contribution in [3.63, 3.8) is 0 Å². The van der Waals surface area contributed by atoms with E-state index in [0.29, 0.717) is 19.1 Å². The molecule has 0 heterocycles. The van der Waals surface area contributed by atoms with Crippen LogP contribution in [0.1, 0.15) is 31.9 Å². The minimum absolute atomic E-state index is 0.0720. The number of hydrogen-bond acceptors (Lipinski definition) is 3. The van der Waals surface area contributed by atoms with Gasteiger partial charge >= 0.3 is 0 Å². The van der Waals surface area contributed by atoms with Gasteiger partial charge in [-0.1, -0.05) is 18.2 Å². The van der Waals surface area contributed by atoms with Crippen molar-refractivity contribution in [2.75, 3.05) is 26.7 Å². The summed E-state index contributed by atoms with van der Waals surface area (Å²) in [6.45, 7) is 11.2. The standard InChI is InChI=1S/C18H30N4O2/c1-13-8-7-9-14(2)16(13)24-11-10-20-17(19-6)21-12-15(23)22-18(3,4)5/h7-9H,10-12H2,1-6H3,(H,22,23)(H2,19,20,21). The molecule has 0 aliphatic carbocycles. The van der Waals surface area contributed by atoms with Crippen molar-refractivity contribution in [1.29, 1.82) is 0 Å². The second-order valence-corrected chi connectivity index (χ2v) is 6.72. The van der Waals surface area contributed by atoms with E-state index in [9.17, 15) is 4.79 Å². The Labute approximate surface area is 145 Å². The first-order valence-corrected chi connectivity index (χ1v) is 8.17. The summed E-state index contributed by atoms with van der Waals surface area (Å²) < 4.78 is 5.83. The van der Waals surface area contributed by atoms with Crippen molar-refractivity contribution < 1.29 is 9.53 Å². The number of aryl methyl sites for hydroxylation is 2. The van der Waals surface area contributed by atoms with Crippen LogP contribution < -0.4 is 20.7 Å². The van der Waals surface area contributed by atoms with Crippen LogP contribution in [-0.2, 0) is 4.79 Å². The normalized spacial score (nSPS) is 11.8. The Morgan fingerprint density at radius 1 is 1.17 bits per heavy atom. The van der Waals surface area contributed by atoms with Crippen LogP contribution >= 0.6 is 0 Å². The van der Waals surface area contributed by atoms with Gasteiger partial charge in [-0.2, -0.15) is 0 Å². The maximum absolute atomic E-state index is 11.8. The Balaban J connectivity index is 2.33. The minimum atomic E-state index is -0.241. The minimum Gasteiger partial charge on any atom is -0.491 e. The molecule has 24 heavy (non-hydrogen) atoms. The Morgan fingerprint density at radius 3 is 2.33 bits per heavy atom. The fourth-order valence-electron chi connectivity index (χ4n) is 2.20. The van der Waals surface area contributed by atoms with Crippen LogP contribution in [0.3, 0.4) is 0 Å². The lowest BCUT2D eigenvalue weighted by molar-refractivity contribution is -0.121. The second-order valence-electron chi connectivity index (χ2n) is 6.72. The highest BCUT2D eigenvalue weighted by atomic mass is 16.5. The van der Waals surface area contributed by atoms with Crippen molar-refractivity contribution in [2.45, 2.75) is 40.2 Å². The van der Waals surface area contributed by atoms with Crippen LogP contribution in [0.15, 0.2) is 23.2 Å². The summed E-state index contributed by atoms with van der Waals surface area (Å²) in [5.74, 6) is 1.42. The SMILES string of the molecule is CN=C(NCCOc1c(C)cccc1C)NCC(=O)NC(C)(C)C. The Bertz CT molecular complexity index is 557. The molecule has 0 aliphatic rings. The van der Waals surface area contributed by atoms with Gasteiger partial charge < -0.3 is 20.7 Å². The van der Waals surface area contributed by atoms with Crippen LogP contribution in [-0.4, -0.2) is 44.1 Å². The van der Waals surface area contributed by atoms with E-state index in [2.05, 4.69) is 20.9 Å². The van der Waals surface area contributed by atoms with E-state index in [4.69, 9.17) is 4.74 Å². The van der Waals surface area contributed by atoms with E-state index >= 15 is 0 Å². The smallest absolute Gasteiger partial charge is 0.239 e. The highest BCUT2D eigenvalue weighted by Gasteiger charge is 2.13. The number of carbonyl (C=O) groups is 1. The molecular weight excluding hydrogens is 304 g/mol. The molecule has 0 aromatic heterocycles. The third kappa shape index (κ3) is 7.35. The van der Waals surface area contributed by atoms with Crippen LogP contribution in [0.5, 0.6) is 5.75 Å². The number of nitrogens with one attached hydrogen (secondary N) is 3. The van der Waals surface area contributed by atoms with Gasteiger partial charge in [-0.25, -0.2) is 0 Å². The third-order valence-electron chi connectivity index (χ3n) is 3.20. The number of carbonyl (C=O) groups excluding carboxylic acids is 1. The lowest BCUT2D eigenvalue weighted by atomic mass is 10.1. The molecule has 0 bridgehead atoms. The summed E-state index contributed by atoms with van der Waals surface area (Å²) >= 11 is 0. The Kier molecular flexibility index (Phi) is 7.55. The molecule has 1 rings (SSSR count). The number of nitrogens with zero attached hydrogens (tertiary/aromatic N) is 1. The molecule has 1 aromatic carbocycles. The Hall–Kier alpha value is -2.24. The van der Waals surface area contributed by atoms with Crippen molar-refractivity contribution >= 4 is 11.9 Å². The molecule has 1 aromatic rings. The topological polar surface area (TPSA) is 74.8 Å². The van der Waals surface area contributed by atoms with E-state index in [0.717, 1.165) is 16.9 Å². The van der Waals surface area contributed by atoms with Crippen LogP contribution in [0, 0.1) is 13.8 Å². The lowest BCUT2D eigenvalue weighted by Crippen LogP contribution is -2.48. The number of rotatable bonds is 6. The summed E-state index contributed by atoms with van der Waals surface area (Å²) in [7, 11) is 1.67. The number of ether oxygens (including phenoxy) is 1. The molecule has 134 valence electrons. The molecule has 1 amide bonds. The van der Waals surface area contributed by atoms with Crippen LogP contribution in [0.2, 0.25) is 0 Å². The van der Waals surface area contributed by atoms with Gasteiger partial charge in [0.25, 0.3) is 0 Å². The monoisotopic (exact) mass is 334 g/mol. The third-order valence-corrected chi connectivity index (χ3v) is 3.20. The molecule has 0 unspecified atom stereocenters. The maximum atomic E-state index is 11.8. The molecule has 0 saturated heterocycles. The largest absolute Gasteiger partial charge is 0.491 e. The van der Waals surface area contributed by atoms with E-state index in [1.807, 2.05) is 52.8 Å². The number of benzene rings is 1. The van der Waals surface area contributed by atoms with Gasteiger partial charge in [0.05, 0.1) is 13.1 Å². The number of hydrogen-bond donors (Lipinski definition) is 3. The first kappa shape index (κ1) is 19.8. The zero-order chi connectivity index (χ0) is 18.2. The molecule has 0 spiro atoms. The van der Waals surface area contributed by atoms with Crippen LogP contribution in [0.25, 0.3) is 0 Å². The van der Waals surface area contributed by atoms with Gasteiger partial charge in [-0.05, 0) is 45.7 Å². The van der Waals surface area contributed by atoms with E-state index < -0.39 is 0 Å². The Morgan fingerprint density at radius 2 is 1.79 bits per heavy atom. The summed E-state index contributed by atoms with van der Waals surface area (Å²) in [5, 5.41) is 9.01. The van der Waals surface area contributed by atoms with Crippen molar-refractivity contribution in [3.05, 3.63) is 29.3 Å². The molecular formula is C18H30N4O2. The lowest BCUT2D eigenvalue weighted by Gasteiger charge is -2.21. The second kappa shape index (κ2) is 9.15. The predicted molar refractivity (Wildman–Crippen MR) is 98.7 cm³/mol. The van der Waals surface area contributed by atoms with Gasteiger partial charge in [0.2, 0.25) is 5.91 Å². The molecule has 0 radical (unpaired) electrons. The van der Waals surface area contributed by atoms with Gasteiger partial charge in [0, 0.05) is 12.6 Å². The molecule has 6 heteroatoms. The first-order chi connectivity index (χ1) is 11.2. The predicted octanol–water partition coefficient (Wildman–Crippen LogP) is 1.76. The first-order valence-electron chi connectivity index (χ1n) is 8.17. The van der Waals surface area contributed by atoms with E-state index in [1.165, 1.54) is 0 Å². The quantitative estimate of drug-likeness (QED) is 0.421. The molecule has 0 saturated carbocycles. The van der Waals surface area contributed by atoms with Crippen molar-refractivity contribution in [1.82, 2.24) is 16.0 Å². The van der Waals surface area contributed by atoms with Gasteiger partial charge in [-0.3, -0.25) is 9.79 Å². The van der Waals surface area contributed by atoms with Gasteiger partial charge in [0.1, 0.15) is 12.4 Å². The van der Waals surface area contributed by atoms with Crippen molar-refractivity contribution in [2.24, 2.45) is 4.99 Å². The fraction of sp³-hybridized carbons (Fsp3) is 0.556. The summed E-state index contributed by atoms with van der Waals surface area (Å²) in [4.78, 5) is 15.9. The summed E-state index contributed by atoms with van der Waals surface area (Å²) in [6.07, 6.45) is 0. The zero-order valence-corrected chi connectivity index (χ0v) is 15.6. The highest BCUT2D eigenvalue weighted by Crippen LogP contribution is 2.21. The average molecular weight is 334 g/mol. The molecule has 6 nitrogen and oxygen atoms in total. The summed E-state index contributed by atoms with van der Waals surface area (Å²) in [6, 6.07) is 6.08. The van der Waals surface area contributed by atoms with E-state index in [1.54, 1.807) is 7.05 Å². The number of para-hydroxylation sites is 1. The molecule has 0 fully saturated rings. The number of amides is 1. The molecule has 3 N–H and O–H groups in total. The maximum Gasteiger partial charge on any atom is 0.239 e. The molecule has 0 aliphatic heterocycles. The number of aliphatic imine (C=N–C) groups is 1. The van der Waals surface area contributed by atoms with Gasteiger partial charge in [-0.15, -0.1) is 0 Å². The molecule has 0 atom stereocenters. The summed E-state index contributed by atoms with van der Waals surface area (Å²) in [5.41, 5.74) is 2.00. The van der Waals surface area contributed by atoms with E-state index in [-0.39, 0.29) is 18.0 Å². The average Bonchev–Trinajstić information content (AvgIpc) is 2.47. The van der Waals surface area contributed by atoms with Crippen molar-refractivity contribution in [3.8, 4) is 5.75 Å².